The SMILES string of the molecule is Cc1csc(C2C[C@@H](O)c3cc(Cl)ccc3O2)n1. The van der Waals surface area contributed by atoms with E-state index in [4.69, 9.17) is 16.3 Å². The van der Waals surface area contributed by atoms with Crippen LogP contribution in [0.5, 0.6) is 5.75 Å². The minimum absolute atomic E-state index is 0.174. The molecule has 2 atom stereocenters. The molecule has 0 fully saturated rings. The molecule has 94 valence electrons. The third kappa shape index (κ3) is 2.11. The summed E-state index contributed by atoms with van der Waals surface area (Å²) in [5.41, 5.74) is 1.74. The van der Waals surface area contributed by atoms with Gasteiger partial charge in [-0.15, -0.1) is 11.3 Å². The molecule has 1 unspecified atom stereocenters. The van der Waals surface area contributed by atoms with Gasteiger partial charge in [-0.25, -0.2) is 4.98 Å². The van der Waals surface area contributed by atoms with E-state index in [-0.39, 0.29) is 6.10 Å². The fourth-order valence-corrected chi connectivity index (χ4v) is 3.11. The zero-order valence-corrected chi connectivity index (χ0v) is 11.3. The number of rotatable bonds is 1. The Morgan fingerprint density at radius 2 is 2.33 bits per heavy atom. The van der Waals surface area contributed by atoms with Crippen LogP contribution in [0.2, 0.25) is 5.02 Å². The number of halogens is 1. The Hall–Kier alpha value is -1.10. The molecule has 1 aromatic heterocycles. The van der Waals surface area contributed by atoms with Crippen LogP contribution in [-0.2, 0) is 0 Å². The number of aliphatic hydroxyl groups excluding tert-OH is 1. The number of nitrogens with zero attached hydrogens (tertiary/aromatic N) is 1. The van der Waals surface area contributed by atoms with E-state index in [1.54, 1.807) is 29.5 Å². The van der Waals surface area contributed by atoms with Crippen molar-refractivity contribution in [2.75, 3.05) is 0 Å². The van der Waals surface area contributed by atoms with Crippen molar-refractivity contribution in [2.45, 2.75) is 25.6 Å². The Morgan fingerprint density at radius 1 is 1.50 bits per heavy atom. The van der Waals surface area contributed by atoms with Gasteiger partial charge in [-0.05, 0) is 25.1 Å². The average Bonchev–Trinajstić information content (AvgIpc) is 2.77. The van der Waals surface area contributed by atoms with Gasteiger partial charge in [0.05, 0.1) is 6.10 Å². The van der Waals surface area contributed by atoms with Crippen molar-refractivity contribution in [1.29, 1.82) is 0 Å². The van der Waals surface area contributed by atoms with Crippen LogP contribution in [0.3, 0.4) is 0 Å². The molecular weight excluding hydrogens is 270 g/mol. The van der Waals surface area contributed by atoms with Gasteiger partial charge in [-0.1, -0.05) is 11.6 Å². The second-order valence-corrected chi connectivity index (χ2v) is 5.69. The van der Waals surface area contributed by atoms with Gasteiger partial charge in [-0.2, -0.15) is 0 Å². The van der Waals surface area contributed by atoms with Gasteiger partial charge >= 0.3 is 0 Å². The fraction of sp³-hybridized carbons (Fsp3) is 0.308. The maximum absolute atomic E-state index is 10.2. The summed E-state index contributed by atoms with van der Waals surface area (Å²) in [7, 11) is 0. The number of ether oxygens (including phenoxy) is 1. The van der Waals surface area contributed by atoms with E-state index in [0.717, 1.165) is 16.3 Å². The van der Waals surface area contributed by atoms with Crippen molar-refractivity contribution in [3.05, 3.63) is 44.9 Å². The van der Waals surface area contributed by atoms with E-state index >= 15 is 0 Å². The minimum Gasteiger partial charge on any atom is -0.483 e. The molecule has 3 nitrogen and oxygen atoms in total. The monoisotopic (exact) mass is 281 g/mol. The second kappa shape index (κ2) is 4.53. The average molecular weight is 282 g/mol. The standard InChI is InChI=1S/C13H12ClNO2S/c1-7-6-18-13(15-7)12-5-10(16)9-4-8(14)2-3-11(9)17-12/h2-4,6,10,12,16H,5H2,1H3/t10-,12?/m1/s1. The zero-order valence-electron chi connectivity index (χ0n) is 9.76. The molecular formula is C13H12ClNO2S. The van der Waals surface area contributed by atoms with Gasteiger partial charge in [0.15, 0.2) is 6.10 Å². The number of fused-ring (bicyclic) bond motifs is 1. The van der Waals surface area contributed by atoms with Gasteiger partial charge in [0.1, 0.15) is 10.8 Å². The van der Waals surface area contributed by atoms with Gasteiger partial charge in [-0.3, -0.25) is 0 Å². The lowest BCUT2D eigenvalue weighted by molar-refractivity contribution is 0.0656. The van der Waals surface area contributed by atoms with E-state index in [1.807, 2.05) is 12.3 Å². The summed E-state index contributed by atoms with van der Waals surface area (Å²) in [6, 6.07) is 5.32. The molecule has 1 aromatic carbocycles. The number of benzene rings is 1. The molecule has 1 aliphatic heterocycles. The van der Waals surface area contributed by atoms with E-state index in [1.165, 1.54) is 0 Å². The van der Waals surface area contributed by atoms with E-state index < -0.39 is 6.10 Å². The van der Waals surface area contributed by atoms with Crippen LogP contribution in [-0.4, -0.2) is 10.1 Å². The first-order valence-corrected chi connectivity index (χ1v) is 6.95. The zero-order chi connectivity index (χ0) is 12.7. The molecule has 1 aliphatic rings. The van der Waals surface area contributed by atoms with Gasteiger partial charge < -0.3 is 9.84 Å². The number of hydrogen-bond donors (Lipinski definition) is 1. The van der Waals surface area contributed by atoms with Gasteiger partial charge in [0, 0.05) is 28.1 Å². The first-order chi connectivity index (χ1) is 8.63. The first kappa shape index (κ1) is 12.0. The predicted molar refractivity (Wildman–Crippen MR) is 71.2 cm³/mol. The third-order valence-corrected chi connectivity index (χ3v) is 4.24. The van der Waals surface area contributed by atoms with E-state index in [2.05, 4.69) is 4.98 Å². The highest BCUT2D eigenvalue weighted by atomic mass is 35.5. The number of aliphatic hydroxyl groups is 1. The Bertz CT molecular complexity index is 584. The molecule has 1 N–H and O–H groups in total. The summed E-state index contributed by atoms with van der Waals surface area (Å²) in [6.45, 7) is 1.95. The lowest BCUT2D eigenvalue weighted by atomic mass is 9.99. The molecule has 0 radical (unpaired) electrons. The number of aromatic nitrogens is 1. The first-order valence-electron chi connectivity index (χ1n) is 5.69. The molecule has 0 saturated heterocycles. The van der Waals surface area contributed by atoms with E-state index in [9.17, 15) is 5.11 Å². The number of hydrogen-bond acceptors (Lipinski definition) is 4. The summed E-state index contributed by atoms with van der Waals surface area (Å²) >= 11 is 7.48. The Kier molecular flexibility index (Phi) is 3.01. The fourth-order valence-electron chi connectivity index (χ4n) is 2.09. The van der Waals surface area contributed by atoms with Crippen LogP contribution < -0.4 is 4.74 Å². The van der Waals surface area contributed by atoms with Crippen molar-refractivity contribution < 1.29 is 9.84 Å². The smallest absolute Gasteiger partial charge is 0.153 e. The highest BCUT2D eigenvalue weighted by Crippen LogP contribution is 2.42. The van der Waals surface area contributed by atoms with Crippen molar-refractivity contribution in [3.63, 3.8) is 0 Å². The predicted octanol–water partition coefficient (Wildman–Crippen LogP) is 3.66. The number of aryl methyl sites for hydroxylation is 1. The molecule has 0 spiro atoms. The van der Waals surface area contributed by atoms with E-state index in [0.29, 0.717) is 17.2 Å². The van der Waals surface area contributed by atoms with Crippen LogP contribution in [0.25, 0.3) is 0 Å². The quantitative estimate of drug-likeness (QED) is 0.867. The summed E-state index contributed by atoms with van der Waals surface area (Å²) in [6.07, 6.45) is -0.214. The van der Waals surface area contributed by atoms with Crippen molar-refractivity contribution in [2.24, 2.45) is 0 Å². The Balaban J connectivity index is 1.94. The van der Waals surface area contributed by atoms with Crippen molar-refractivity contribution in [1.82, 2.24) is 4.98 Å². The van der Waals surface area contributed by atoms with Crippen molar-refractivity contribution in [3.8, 4) is 5.75 Å². The molecule has 5 heteroatoms. The Labute approximate surface area is 114 Å². The largest absolute Gasteiger partial charge is 0.483 e. The molecule has 0 saturated carbocycles. The van der Waals surface area contributed by atoms with Crippen LogP contribution >= 0.6 is 22.9 Å². The number of thiazole rings is 1. The van der Waals surface area contributed by atoms with Crippen LogP contribution in [0.15, 0.2) is 23.6 Å². The third-order valence-electron chi connectivity index (χ3n) is 2.95. The molecule has 0 amide bonds. The van der Waals surface area contributed by atoms with Gasteiger partial charge in [0.2, 0.25) is 0 Å². The summed E-state index contributed by atoms with van der Waals surface area (Å²) in [4.78, 5) is 4.42. The van der Waals surface area contributed by atoms with Crippen LogP contribution in [0.1, 0.15) is 34.9 Å². The maximum atomic E-state index is 10.2. The summed E-state index contributed by atoms with van der Waals surface area (Å²) < 4.78 is 5.89. The maximum Gasteiger partial charge on any atom is 0.153 e. The molecule has 18 heavy (non-hydrogen) atoms. The lowest BCUT2D eigenvalue weighted by Crippen LogP contribution is -2.18. The molecule has 0 bridgehead atoms. The summed E-state index contributed by atoms with van der Waals surface area (Å²) in [5.74, 6) is 0.691. The van der Waals surface area contributed by atoms with Crippen molar-refractivity contribution >= 4 is 22.9 Å². The molecule has 3 rings (SSSR count). The molecule has 2 heterocycles. The molecule has 0 aliphatic carbocycles. The summed E-state index contributed by atoms with van der Waals surface area (Å²) in [5, 5.41) is 13.7. The van der Waals surface area contributed by atoms with Crippen LogP contribution in [0, 0.1) is 6.92 Å². The topological polar surface area (TPSA) is 42.4 Å². The lowest BCUT2D eigenvalue weighted by Gasteiger charge is -2.28. The highest BCUT2D eigenvalue weighted by Gasteiger charge is 2.29. The highest BCUT2D eigenvalue weighted by molar-refractivity contribution is 7.09. The second-order valence-electron chi connectivity index (χ2n) is 4.37. The Morgan fingerprint density at radius 3 is 3.06 bits per heavy atom. The van der Waals surface area contributed by atoms with Gasteiger partial charge in [0.25, 0.3) is 0 Å². The molecule has 2 aromatic rings. The minimum atomic E-state index is -0.554. The van der Waals surface area contributed by atoms with Crippen LogP contribution in [0.4, 0.5) is 0 Å². The normalized spacial score (nSPS) is 22.4.